The largest absolute Gasteiger partial charge is 0.360 e. The molecule has 0 unspecified atom stereocenters. The highest BCUT2D eigenvalue weighted by atomic mass is 32.2. The zero-order valence-electron chi connectivity index (χ0n) is 15.6. The van der Waals surface area contributed by atoms with Gasteiger partial charge >= 0.3 is 0 Å². The zero-order chi connectivity index (χ0) is 18.9. The molecule has 2 aromatic heterocycles. The molecule has 1 aliphatic rings. The Hall–Kier alpha value is -1.78. The molecular weight excluding hydrogens is 358 g/mol. The highest BCUT2D eigenvalue weighted by Gasteiger charge is 2.32. The first-order valence-electron chi connectivity index (χ1n) is 8.77. The smallest absolute Gasteiger partial charge is 0.248 e. The summed E-state index contributed by atoms with van der Waals surface area (Å²) in [6.45, 7) is 10.1. The van der Waals surface area contributed by atoms with Gasteiger partial charge in [-0.2, -0.15) is 9.29 Å². The summed E-state index contributed by atoms with van der Waals surface area (Å²) in [4.78, 5) is 6.72. The number of hydrogen-bond acceptors (Lipinski definition) is 8. The first-order valence-corrected chi connectivity index (χ1v) is 10.2. The second kappa shape index (κ2) is 7.45. The Labute approximate surface area is 153 Å². The van der Waals surface area contributed by atoms with E-state index in [1.807, 2.05) is 13.8 Å². The number of aryl methyl sites for hydroxylation is 2. The maximum Gasteiger partial charge on any atom is 0.248 e. The highest BCUT2D eigenvalue weighted by Crippen LogP contribution is 2.24. The highest BCUT2D eigenvalue weighted by molar-refractivity contribution is 7.89. The topological polar surface area (TPSA) is 106 Å². The minimum Gasteiger partial charge on any atom is -0.360 e. The van der Waals surface area contributed by atoms with Crippen LogP contribution in [-0.2, 0) is 16.6 Å². The third-order valence-corrected chi connectivity index (χ3v) is 6.62. The van der Waals surface area contributed by atoms with Crippen LogP contribution in [0, 0.1) is 13.8 Å². The van der Waals surface area contributed by atoms with Crippen LogP contribution in [0.2, 0.25) is 0 Å². The van der Waals surface area contributed by atoms with Crippen LogP contribution in [-0.4, -0.2) is 59.1 Å². The van der Waals surface area contributed by atoms with Crippen molar-refractivity contribution in [2.75, 3.05) is 26.2 Å². The molecule has 1 saturated heterocycles. The van der Waals surface area contributed by atoms with E-state index in [4.69, 9.17) is 9.05 Å². The molecule has 0 aromatic carbocycles. The maximum atomic E-state index is 13.0. The lowest BCUT2D eigenvalue weighted by molar-refractivity contribution is 0.235. The minimum absolute atomic E-state index is 0.185. The predicted octanol–water partition coefficient (Wildman–Crippen LogP) is 1.69. The molecule has 9 nitrogen and oxygen atoms in total. The van der Waals surface area contributed by atoms with E-state index in [2.05, 4.69) is 20.2 Å². The van der Waals surface area contributed by atoms with Crippen molar-refractivity contribution in [3.05, 3.63) is 23.2 Å². The Morgan fingerprint density at radius 3 is 2.46 bits per heavy atom. The molecule has 1 aliphatic heterocycles. The third-order valence-electron chi connectivity index (χ3n) is 4.47. The van der Waals surface area contributed by atoms with Gasteiger partial charge in [0.15, 0.2) is 11.6 Å². The van der Waals surface area contributed by atoms with Crippen molar-refractivity contribution in [1.29, 1.82) is 0 Å². The molecule has 0 bridgehead atoms. The average Bonchev–Trinajstić information content (AvgIpc) is 3.08. The Bertz CT molecular complexity index is 838. The first kappa shape index (κ1) is 19.0. The number of rotatable bonds is 5. The first-order chi connectivity index (χ1) is 12.3. The molecule has 144 valence electrons. The van der Waals surface area contributed by atoms with Gasteiger partial charge in [0.05, 0.1) is 6.54 Å². The molecule has 1 fully saturated rings. The van der Waals surface area contributed by atoms with E-state index in [9.17, 15) is 8.42 Å². The molecule has 0 aliphatic carbocycles. The van der Waals surface area contributed by atoms with E-state index in [0.717, 1.165) is 13.0 Å². The molecule has 3 heterocycles. The molecule has 26 heavy (non-hydrogen) atoms. The number of hydrogen-bond donors (Lipinski definition) is 0. The summed E-state index contributed by atoms with van der Waals surface area (Å²) in [6, 6.07) is 0. The molecule has 0 spiro atoms. The van der Waals surface area contributed by atoms with Gasteiger partial charge in [-0.1, -0.05) is 24.2 Å². The number of sulfonamides is 1. The number of aromatic nitrogens is 3. The van der Waals surface area contributed by atoms with Gasteiger partial charge in [-0.3, -0.25) is 4.90 Å². The SMILES string of the molecule is Cc1noc(C)c1S(=O)(=O)N1CCCN(Cc2nc(C(C)C)no2)CC1. The van der Waals surface area contributed by atoms with Crippen LogP contribution in [0.25, 0.3) is 0 Å². The van der Waals surface area contributed by atoms with Crippen LogP contribution in [0.1, 0.15) is 49.4 Å². The van der Waals surface area contributed by atoms with Gasteiger partial charge < -0.3 is 9.05 Å². The summed E-state index contributed by atoms with van der Waals surface area (Å²) >= 11 is 0. The van der Waals surface area contributed by atoms with Crippen LogP contribution in [0.4, 0.5) is 0 Å². The minimum atomic E-state index is -3.61. The fourth-order valence-corrected chi connectivity index (χ4v) is 4.84. The fourth-order valence-electron chi connectivity index (χ4n) is 3.08. The van der Waals surface area contributed by atoms with E-state index >= 15 is 0 Å². The molecule has 0 saturated carbocycles. The standard InChI is InChI=1S/C16H25N5O4S/c1-11(2)16-17-14(25-19-16)10-20-6-5-7-21(9-8-20)26(22,23)15-12(3)18-24-13(15)4/h11H,5-10H2,1-4H3. The average molecular weight is 383 g/mol. The van der Waals surface area contributed by atoms with Crippen molar-refractivity contribution >= 4 is 10.0 Å². The molecule has 0 atom stereocenters. The Balaban J connectivity index is 1.68. The van der Waals surface area contributed by atoms with Crippen LogP contribution >= 0.6 is 0 Å². The summed E-state index contributed by atoms with van der Waals surface area (Å²) < 4.78 is 37.7. The summed E-state index contributed by atoms with van der Waals surface area (Å²) in [5.41, 5.74) is 0.399. The van der Waals surface area contributed by atoms with Gasteiger partial charge in [-0.15, -0.1) is 0 Å². The Kier molecular flexibility index (Phi) is 5.44. The Morgan fingerprint density at radius 1 is 1.08 bits per heavy atom. The second-order valence-corrected chi connectivity index (χ2v) is 8.76. The lowest BCUT2D eigenvalue weighted by Gasteiger charge is -2.20. The van der Waals surface area contributed by atoms with E-state index in [0.29, 0.717) is 49.3 Å². The lowest BCUT2D eigenvalue weighted by atomic mass is 10.2. The van der Waals surface area contributed by atoms with Gasteiger partial charge in [0, 0.05) is 25.6 Å². The van der Waals surface area contributed by atoms with Gasteiger partial charge in [0.1, 0.15) is 10.6 Å². The van der Waals surface area contributed by atoms with Crippen molar-refractivity contribution in [3.8, 4) is 0 Å². The summed E-state index contributed by atoms with van der Waals surface area (Å²) in [7, 11) is -3.61. The van der Waals surface area contributed by atoms with Crippen molar-refractivity contribution in [2.45, 2.75) is 51.5 Å². The summed E-state index contributed by atoms with van der Waals surface area (Å²) in [5.74, 6) is 1.80. The number of nitrogens with zero attached hydrogens (tertiary/aromatic N) is 5. The molecule has 10 heteroatoms. The van der Waals surface area contributed by atoms with E-state index in [1.54, 1.807) is 13.8 Å². The normalized spacial score (nSPS) is 17.7. The quantitative estimate of drug-likeness (QED) is 0.768. The van der Waals surface area contributed by atoms with Gasteiger partial charge in [0.25, 0.3) is 0 Å². The maximum absolute atomic E-state index is 13.0. The fraction of sp³-hybridized carbons (Fsp3) is 0.688. The van der Waals surface area contributed by atoms with Crippen LogP contribution in [0.15, 0.2) is 13.9 Å². The van der Waals surface area contributed by atoms with Crippen LogP contribution in [0.5, 0.6) is 0 Å². The molecule has 3 rings (SSSR count). The molecule has 2 aromatic rings. The predicted molar refractivity (Wildman–Crippen MR) is 93.0 cm³/mol. The molecular formula is C16H25N5O4S. The lowest BCUT2D eigenvalue weighted by Crippen LogP contribution is -2.35. The van der Waals surface area contributed by atoms with Gasteiger partial charge in [0.2, 0.25) is 15.9 Å². The van der Waals surface area contributed by atoms with Crippen LogP contribution in [0.3, 0.4) is 0 Å². The molecule has 0 amide bonds. The van der Waals surface area contributed by atoms with Gasteiger partial charge in [-0.25, -0.2) is 8.42 Å². The second-order valence-electron chi connectivity index (χ2n) is 6.89. The third kappa shape index (κ3) is 3.81. The zero-order valence-corrected chi connectivity index (χ0v) is 16.4. The summed E-state index contributed by atoms with van der Waals surface area (Å²) in [5, 5.41) is 7.74. The monoisotopic (exact) mass is 383 g/mol. The van der Waals surface area contributed by atoms with Crippen molar-refractivity contribution in [2.24, 2.45) is 0 Å². The van der Waals surface area contributed by atoms with E-state index in [1.165, 1.54) is 4.31 Å². The molecule has 0 radical (unpaired) electrons. The van der Waals surface area contributed by atoms with E-state index < -0.39 is 10.0 Å². The van der Waals surface area contributed by atoms with Crippen molar-refractivity contribution < 1.29 is 17.5 Å². The Morgan fingerprint density at radius 2 is 1.85 bits per heavy atom. The summed E-state index contributed by atoms with van der Waals surface area (Å²) in [6.07, 6.45) is 0.730. The van der Waals surface area contributed by atoms with Gasteiger partial charge in [-0.05, 0) is 26.8 Å². The van der Waals surface area contributed by atoms with Crippen LogP contribution < -0.4 is 0 Å². The molecule has 0 N–H and O–H groups in total. The van der Waals surface area contributed by atoms with Crippen molar-refractivity contribution in [3.63, 3.8) is 0 Å². The van der Waals surface area contributed by atoms with E-state index in [-0.39, 0.29) is 10.8 Å². The van der Waals surface area contributed by atoms with Crippen molar-refractivity contribution in [1.82, 2.24) is 24.5 Å².